The third kappa shape index (κ3) is 2.86. The molecule has 2 heterocycles. The first-order valence-electron chi connectivity index (χ1n) is 7.12. The average Bonchev–Trinajstić information content (AvgIpc) is 3.01. The first-order chi connectivity index (χ1) is 10.7. The van der Waals surface area contributed by atoms with Crippen molar-refractivity contribution in [2.45, 2.75) is 6.54 Å². The maximum Gasteiger partial charge on any atom is 0.243 e. The van der Waals surface area contributed by atoms with Crippen molar-refractivity contribution < 1.29 is 9.18 Å². The van der Waals surface area contributed by atoms with E-state index in [1.165, 1.54) is 18.2 Å². The van der Waals surface area contributed by atoms with E-state index in [0.717, 1.165) is 24.6 Å². The highest BCUT2D eigenvalue weighted by Crippen LogP contribution is 2.30. The summed E-state index contributed by atoms with van der Waals surface area (Å²) in [6.45, 7) is 5.46. The molecule has 0 unspecified atom stereocenters. The molecule has 0 saturated heterocycles. The Morgan fingerprint density at radius 3 is 2.86 bits per heavy atom. The van der Waals surface area contributed by atoms with E-state index in [-0.39, 0.29) is 17.6 Å². The molecular formula is C16H17FN4O. The summed E-state index contributed by atoms with van der Waals surface area (Å²) in [6, 6.07) is 8.31. The van der Waals surface area contributed by atoms with Crippen LogP contribution in [0.1, 0.15) is 0 Å². The van der Waals surface area contributed by atoms with Gasteiger partial charge in [0.1, 0.15) is 11.6 Å². The number of hydrogen-bond acceptors (Lipinski definition) is 3. The number of anilines is 2. The highest BCUT2D eigenvalue weighted by molar-refractivity contribution is 5.86. The Bertz CT molecular complexity index is 680. The predicted molar refractivity (Wildman–Crippen MR) is 82.3 cm³/mol. The molecule has 1 aromatic heterocycles. The van der Waals surface area contributed by atoms with Crippen molar-refractivity contribution in [1.82, 2.24) is 15.1 Å². The highest BCUT2D eigenvalue weighted by Gasteiger charge is 2.26. The van der Waals surface area contributed by atoms with Crippen LogP contribution in [0.3, 0.4) is 0 Å². The maximum absolute atomic E-state index is 13.1. The lowest BCUT2D eigenvalue weighted by molar-refractivity contribution is -0.116. The molecule has 1 aliphatic heterocycles. The molecule has 1 aliphatic rings. The van der Waals surface area contributed by atoms with Gasteiger partial charge in [0.2, 0.25) is 5.91 Å². The maximum atomic E-state index is 13.1. The van der Waals surface area contributed by atoms with Crippen molar-refractivity contribution in [2.24, 2.45) is 5.92 Å². The number of benzene rings is 1. The highest BCUT2D eigenvalue weighted by atomic mass is 19.1. The summed E-state index contributed by atoms with van der Waals surface area (Å²) < 4.78 is 15.0. The van der Waals surface area contributed by atoms with Gasteiger partial charge >= 0.3 is 0 Å². The van der Waals surface area contributed by atoms with Crippen LogP contribution in [0.2, 0.25) is 0 Å². The molecule has 22 heavy (non-hydrogen) atoms. The van der Waals surface area contributed by atoms with Crippen molar-refractivity contribution in [3.8, 4) is 0 Å². The van der Waals surface area contributed by atoms with Gasteiger partial charge in [0.15, 0.2) is 0 Å². The topological polar surface area (TPSA) is 50.2 Å². The van der Waals surface area contributed by atoms with Gasteiger partial charge < -0.3 is 10.2 Å². The van der Waals surface area contributed by atoms with Gasteiger partial charge in [-0.05, 0) is 30.3 Å². The summed E-state index contributed by atoms with van der Waals surface area (Å²) in [5, 5.41) is 7.14. The van der Waals surface area contributed by atoms with Gasteiger partial charge in [-0.3, -0.25) is 4.79 Å². The number of fused-ring (bicyclic) bond motifs is 1. The van der Waals surface area contributed by atoms with Crippen molar-refractivity contribution in [3.05, 3.63) is 55.0 Å². The van der Waals surface area contributed by atoms with Crippen LogP contribution in [0.4, 0.5) is 15.9 Å². The van der Waals surface area contributed by atoms with Crippen molar-refractivity contribution in [3.63, 3.8) is 0 Å². The number of nitrogens with one attached hydrogen (secondary N) is 1. The van der Waals surface area contributed by atoms with Crippen LogP contribution in [0.5, 0.6) is 0 Å². The lowest BCUT2D eigenvalue weighted by Crippen LogP contribution is -2.41. The molecule has 6 heteroatoms. The van der Waals surface area contributed by atoms with Crippen molar-refractivity contribution >= 4 is 17.4 Å². The quantitative estimate of drug-likeness (QED) is 0.880. The number of amides is 1. The number of hydrogen-bond donors (Lipinski definition) is 1. The second-order valence-electron chi connectivity index (χ2n) is 5.27. The number of carbonyl (C=O) groups excluding carboxylic acids is 1. The average molecular weight is 300 g/mol. The molecule has 2 aromatic rings. The molecule has 114 valence electrons. The molecule has 1 N–H and O–H groups in total. The van der Waals surface area contributed by atoms with Gasteiger partial charge in [-0.1, -0.05) is 6.58 Å². The minimum atomic E-state index is -0.260. The van der Waals surface area contributed by atoms with E-state index >= 15 is 0 Å². The molecule has 3 rings (SSSR count). The molecule has 0 aliphatic carbocycles. The monoisotopic (exact) mass is 300 g/mol. The van der Waals surface area contributed by atoms with Gasteiger partial charge in [-0.25, -0.2) is 9.07 Å². The van der Waals surface area contributed by atoms with E-state index < -0.39 is 0 Å². The van der Waals surface area contributed by atoms with E-state index in [9.17, 15) is 9.18 Å². The van der Waals surface area contributed by atoms with E-state index in [4.69, 9.17) is 0 Å². The molecule has 0 radical (unpaired) electrons. The number of rotatable bonds is 4. The van der Waals surface area contributed by atoms with Crippen molar-refractivity contribution in [2.75, 3.05) is 18.0 Å². The third-order valence-corrected chi connectivity index (χ3v) is 3.73. The zero-order valence-corrected chi connectivity index (χ0v) is 12.1. The molecule has 0 fully saturated rings. The second-order valence-corrected chi connectivity index (χ2v) is 5.27. The smallest absolute Gasteiger partial charge is 0.243 e. The summed E-state index contributed by atoms with van der Waals surface area (Å²) in [5.41, 5.74) is 0.905. The number of halogens is 1. The first-order valence-corrected chi connectivity index (χ1v) is 7.12. The summed E-state index contributed by atoms with van der Waals surface area (Å²) >= 11 is 0. The Kier molecular flexibility index (Phi) is 3.91. The van der Waals surface area contributed by atoms with E-state index in [2.05, 4.69) is 21.9 Å². The second kappa shape index (κ2) is 6.01. The molecule has 0 saturated carbocycles. The van der Waals surface area contributed by atoms with Gasteiger partial charge in [-0.2, -0.15) is 5.10 Å². The minimum absolute atomic E-state index is 0.181. The van der Waals surface area contributed by atoms with Gasteiger partial charge in [-0.15, -0.1) is 0 Å². The largest absolute Gasteiger partial charge is 0.352 e. The summed E-state index contributed by atoms with van der Waals surface area (Å²) in [4.78, 5) is 13.4. The van der Waals surface area contributed by atoms with Crippen molar-refractivity contribution in [1.29, 1.82) is 0 Å². The fourth-order valence-corrected chi connectivity index (χ4v) is 2.65. The Morgan fingerprint density at radius 1 is 1.36 bits per heavy atom. The molecule has 1 aromatic carbocycles. The minimum Gasteiger partial charge on any atom is -0.352 e. The van der Waals surface area contributed by atoms with E-state index in [0.29, 0.717) is 6.54 Å². The molecule has 5 nitrogen and oxygen atoms in total. The van der Waals surface area contributed by atoms with Gasteiger partial charge in [0.25, 0.3) is 0 Å². The van der Waals surface area contributed by atoms with Crippen LogP contribution >= 0.6 is 0 Å². The molecular weight excluding hydrogens is 283 g/mol. The Balaban J connectivity index is 1.81. The van der Waals surface area contributed by atoms with Crippen LogP contribution in [0, 0.1) is 11.7 Å². The summed E-state index contributed by atoms with van der Waals surface area (Å²) in [6.07, 6.45) is 3.01. The lowest BCUT2D eigenvalue weighted by Gasteiger charge is -2.34. The number of aromatic nitrogens is 2. The van der Waals surface area contributed by atoms with E-state index in [1.807, 2.05) is 10.7 Å². The zero-order chi connectivity index (χ0) is 15.5. The summed E-state index contributed by atoms with van der Waals surface area (Å²) in [7, 11) is 0. The fraction of sp³-hybridized carbons (Fsp3) is 0.250. The fourth-order valence-electron chi connectivity index (χ4n) is 2.65. The number of carbonyl (C=O) groups is 1. The Morgan fingerprint density at radius 2 is 2.14 bits per heavy atom. The van der Waals surface area contributed by atoms with Gasteiger partial charge in [0.05, 0.1) is 6.20 Å². The molecule has 0 spiro atoms. The molecule has 1 amide bonds. The van der Waals surface area contributed by atoms with E-state index in [1.54, 1.807) is 18.3 Å². The lowest BCUT2D eigenvalue weighted by atomic mass is 10.1. The molecule has 1 atom stereocenters. The first kappa shape index (κ1) is 14.3. The predicted octanol–water partition coefficient (Wildman–Crippen LogP) is 2.09. The Hall–Kier alpha value is -2.63. The van der Waals surface area contributed by atoms with Crippen LogP contribution in [0.25, 0.3) is 0 Å². The standard InChI is InChI=1S/C16H17FN4O/c1-2-15(22)18-9-12-10-20(14-5-3-13(17)4-6-14)16-7-8-19-21(16)11-12/h2-8,12H,1,9-11H2,(H,18,22)/t12-/m1/s1. The third-order valence-electron chi connectivity index (χ3n) is 3.73. The zero-order valence-electron chi connectivity index (χ0n) is 12.1. The molecule has 0 bridgehead atoms. The van der Waals surface area contributed by atoms with Crippen LogP contribution in [0.15, 0.2) is 49.2 Å². The van der Waals surface area contributed by atoms with Gasteiger partial charge in [0, 0.05) is 37.3 Å². The Labute approximate surface area is 128 Å². The van der Waals surface area contributed by atoms with Crippen LogP contribution in [-0.2, 0) is 11.3 Å². The normalized spacial score (nSPS) is 17.0. The number of nitrogens with zero attached hydrogens (tertiary/aromatic N) is 3. The summed E-state index contributed by atoms with van der Waals surface area (Å²) in [5.74, 6) is 0.739. The van der Waals surface area contributed by atoms with Crippen LogP contribution in [-0.4, -0.2) is 28.8 Å². The van der Waals surface area contributed by atoms with Crippen LogP contribution < -0.4 is 10.2 Å². The SMILES string of the molecule is C=CC(=O)NC[C@@H]1CN(c2ccc(F)cc2)c2ccnn2C1.